The van der Waals surface area contributed by atoms with Crippen LogP contribution in [-0.4, -0.2) is 78.8 Å². The lowest BCUT2D eigenvalue weighted by molar-refractivity contribution is -0.384. The van der Waals surface area contributed by atoms with E-state index in [0.717, 1.165) is 16.4 Å². The van der Waals surface area contributed by atoms with E-state index in [9.17, 15) is 26.9 Å². The average Bonchev–Trinajstić information content (AvgIpc) is 3.41. The normalized spacial score (nSPS) is 19.0. The number of hydrogen-bond donors (Lipinski definition) is 0. The third kappa shape index (κ3) is 4.51. The molecule has 0 N–H and O–H groups in total. The zero-order valence-corrected chi connectivity index (χ0v) is 25.3. The lowest BCUT2D eigenvalue weighted by Crippen LogP contribution is -2.56. The number of pyridine rings is 1. The standard InChI is InChI=1S/C27H28N6O8S2/c1-16-13-40-14-17-15-41-22-23(27(2,3)42(4,36)37)29-24(30-26(22)32(16)17)21-19-10-11-31(25(19)28-12-20(21)33(34)35)43(38,39)18-8-6-5-7-9-18/h5-12,16-17H,13-15H2,1-4H3/t16-,17+/m1/s1. The van der Waals surface area contributed by atoms with E-state index in [2.05, 4.69) is 9.97 Å². The molecule has 1 fully saturated rings. The van der Waals surface area contributed by atoms with E-state index < -0.39 is 35.2 Å². The van der Waals surface area contributed by atoms with E-state index in [4.69, 9.17) is 14.5 Å². The maximum absolute atomic E-state index is 13.5. The van der Waals surface area contributed by atoms with E-state index in [0.29, 0.717) is 13.2 Å². The van der Waals surface area contributed by atoms with Crippen LogP contribution in [-0.2, 0) is 29.3 Å². The van der Waals surface area contributed by atoms with Crippen molar-refractivity contribution in [2.45, 2.75) is 42.5 Å². The molecule has 1 saturated heterocycles. The van der Waals surface area contributed by atoms with E-state index in [-0.39, 0.29) is 63.3 Å². The number of aromatic nitrogens is 4. The Morgan fingerprint density at radius 3 is 2.44 bits per heavy atom. The average molecular weight is 629 g/mol. The summed E-state index contributed by atoms with van der Waals surface area (Å²) in [6, 6.07) is 8.68. The van der Waals surface area contributed by atoms with Crippen molar-refractivity contribution < 1.29 is 31.2 Å². The highest BCUT2D eigenvalue weighted by Crippen LogP contribution is 2.46. The van der Waals surface area contributed by atoms with Gasteiger partial charge in [-0.25, -0.2) is 35.8 Å². The fraction of sp³-hybridized carbons (Fsp3) is 0.370. The summed E-state index contributed by atoms with van der Waals surface area (Å²) >= 11 is 0. The molecule has 43 heavy (non-hydrogen) atoms. The minimum atomic E-state index is -4.12. The largest absolute Gasteiger partial charge is 0.486 e. The zero-order valence-electron chi connectivity index (χ0n) is 23.7. The summed E-state index contributed by atoms with van der Waals surface area (Å²) in [5.41, 5.74) is -0.631. The Labute approximate surface area is 247 Å². The minimum Gasteiger partial charge on any atom is -0.486 e. The molecule has 5 heterocycles. The van der Waals surface area contributed by atoms with Crippen LogP contribution in [0.2, 0.25) is 0 Å². The summed E-state index contributed by atoms with van der Waals surface area (Å²) in [6.45, 7) is 5.80. The molecule has 0 radical (unpaired) electrons. The number of rotatable bonds is 6. The van der Waals surface area contributed by atoms with Gasteiger partial charge in [-0.3, -0.25) is 10.1 Å². The van der Waals surface area contributed by atoms with Crippen molar-refractivity contribution in [2.75, 3.05) is 31.0 Å². The number of hydrogen-bond acceptors (Lipinski definition) is 12. The first kappa shape index (κ1) is 28.9. The SMILES string of the molecule is C[C@@H]1COC[C@H]2COc3c(nc(-c4c([N+](=O)[O-])cnc5c4ccn5S(=O)(=O)c4ccccc4)nc3C(C)(C)S(C)(=O)=O)N21. The summed E-state index contributed by atoms with van der Waals surface area (Å²) in [5, 5.41) is 12.4. The van der Waals surface area contributed by atoms with Gasteiger partial charge in [0.05, 0.1) is 35.1 Å². The molecule has 6 rings (SSSR count). The third-order valence-corrected chi connectivity index (χ3v) is 11.7. The van der Waals surface area contributed by atoms with Crippen LogP contribution >= 0.6 is 0 Å². The van der Waals surface area contributed by atoms with Gasteiger partial charge in [-0.1, -0.05) is 18.2 Å². The van der Waals surface area contributed by atoms with Gasteiger partial charge in [0.2, 0.25) is 0 Å². The molecule has 2 aliphatic heterocycles. The highest BCUT2D eigenvalue weighted by molar-refractivity contribution is 7.91. The predicted molar refractivity (Wildman–Crippen MR) is 156 cm³/mol. The lowest BCUT2D eigenvalue weighted by atomic mass is 10.0. The molecule has 0 amide bonds. The fourth-order valence-corrected chi connectivity index (χ4v) is 7.16. The molecule has 0 unspecified atom stereocenters. The Balaban J connectivity index is 1.67. The van der Waals surface area contributed by atoms with Gasteiger partial charge < -0.3 is 14.4 Å². The smallest absolute Gasteiger partial charge is 0.299 e. The second-order valence-corrected chi connectivity index (χ2v) is 15.4. The van der Waals surface area contributed by atoms with Crippen LogP contribution in [0.4, 0.5) is 11.5 Å². The van der Waals surface area contributed by atoms with Gasteiger partial charge in [0, 0.05) is 17.8 Å². The monoisotopic (exact) mass is 628 g/mol. The summed E-state index contributed by atoms with van der Waals surface area (Å²) in [7, 11) is -7.91. The fourth-order valence-electron chi connectivity index (χ4n) is 5.35. The van der Waals surface area contributed by atoms with Crippen molar-refractivity contribution in [3.63, 3.8) is 0 Å². The van der Waals surface area contributed by atoms with Crippen molar-refractivity contribution in [3.05, 3.63) is 64.6 Å². The summed E-state index contributed by atoms with van der Waals surface area (Å²) in [4.78, 5) is 27.1. The molecule has 0 aliphatic carbocycles. The van der Waals surface area contributed by atoms with Gasteiger partial charge in [-0.2, -0.15) is 0 Å². The highest BCUT2D eigenvalue weighted by atomic mass is 32.2. The quantitative estimate of drug-likeness (QED) is 0.226. The molecule has 4 aromatic rings. The van der Waals surface area contributed by atoms with E-state index >= 15 is 0 Å². The molecule has 2 aliphatic rings. The number of nitrogens with zero attached hydrogens (tertiary/aromatic N) is 6. The van der Waals surface area contributed by atoms with Crippen LogP contribution in [0.15, 0.2) is 53.7 Å². The molecule has 226 valence electrons. The first-order chi connectivity index (χ1) is 20.2. The van der Waals surface area contributed by atoms with Crippen molar-refractivity contribution in [1.82, 2.24) is 18.9 Å². The Kier molecular flexibility index (Phi) is 6.70. The number of morpholine rings is 1. The van der Waals surface area contributed by atoms with Gasteiger partial charge in [0.1, 0.15) is 28.8 Å². The minimum absolute atomic E-state index is 0.000849. The van der Waals surface area contributed by atoms with E-state index in [1.165, 1.54) is 38.2 Å². The second-order valence-electron chi connectivity index (χ2n) is 11.0. The van der Waals surface area contributed by atoms with Gasteiger partial charge in [0.15, 0.2) is 32.9 Å². The summed E-state index contributed by atoms with van der Waals surface area (Å²) in [5.74, 6) is 0.281. The molecule has 0 saturated carbocycles. The molecule has 2 atom stereocenters. The van der Waals surface area contributed by atoms with Crippen LogP contribution in [0.5, 0.6) is 5.75 Å². The van der Waals surface area contributed by atoms with Gasteiger partial charge in [0.25, 0.3) is 15.7 Å². The van der Waals surface area contributed by atoms with E-state index in [1.54, 1.807) is 18.2 Å². The van der Waals surface area contributed by atoms with Crippen molar-refractivity contribution in [1.29, 1.82) is 0 Å². The Morgan fingerprint density at radius 2 is 1.77 bits per heavy atom. The zero-order chi connectivity index (χ0) is 30.9. The van der Waals surface area contributed by atoms with Crippen LogP contribution in [0.3, 0.4) is 0 Å². The van der Waals surface area contributed by atoms with Gasteiger partial charge in [-0.05, 0) is 39.0 Å². The Hall–Kier alpha value is -4.15. The first-order valence-corrected chi connectivity index (χ1v) is 16.6. The number of nitro groups is 1. The topological polar surface area (TPSA) is 177 Å². The predicted octanol–water partition coefficient (Wildman–Crippen LogP) is 2.90. The Morgan fingerprint density at radius 1 is 1.05 bits per heavy atom. The first-order valence-electron chi connectivity index (χ1n) is 13.3. The van der Waals surface area contributed by atoms with Gasteiger partial charge in [-0.15, -0.1) is 0 Å². The molecule has 16 heteroatoms. The van der Waals surface area contributed by atoms with Crippen LogP contribution in [0.1, 0.15) is 26.5 Å². The Bertz CT molecular complexity index is 1990. The number of sulfone groups is 1. The number of benzene rings is 1. The molecule has 3 aromatic heterocycles. The number of fused-ring (bicyclic) bond motifs is 4. The molecular formula is C27H28N6O8S2. The lowest BCUT2D eigenvalue weighted by Gasteiger charge is -2.45. The molecule has 14 nitrogen and oxygen atoms in total. The number of anilines is 1. The van der Waals surface area contributed by atoms with Crippen molar-refractivity contribution in [3.8, 4) is 17.1 Å². The molecule has 0 bridgehead atoms. The van der Waals surface area contributed by atoms with Crippen molar-refractivity contribution in [2.24, 2.45) is 0 Å². The summed E-state index contributed by atoms with van der Waals surface area (Å²) < 4.78 is 64.2. The van der Waals surface area contributed by atoms with Crippen LogP contribution in [0.25, 0.3) is 22.4 Å². The second kappa shape index (κ2) is 9.96. The molecule has 0 spiro atoms. The third-order valence-electron chi connectivity index (χ3n) is 7.93. The van der Waals surface area contributed by atoms with Crippen molar-refractivity contribution >= 4 is 42.4 Å². The number of ether oxygens (including phenoxy) is 2. The van der Waals surface area contributed by atoms with E-state index in [1.807, 2.05) is 11.8 Å². The van der Waals surface area contributed by atoms with Gasteiger partial charge >= 0.3 is 0 Å². The maximum atomic E-state index is 13.5. The summed E-state index contributed by atoms with van der Waals surface area (Å²) in [6.07, 6.45) is 3.29. The van der Waals surface area contributed by atoms with Crippen LogP contribution in [0, 0.1) is 10.1 Å². The molecular weight excluding hydrogens is 600 g/mol. The van der Waals surface area contributed by atoms with Crippen LogP contribution < -0.4 is 9.64 Å². The highest BCUT2D eigenvalue weighted by Gasteiger charge is 2.44. The maximum Gasteiger partial charge on any atom is 0.299 e. The molecule has 1 aromatic carbocycles.